The van der Waals surface area contributed by atoms with E-state index in [0.29, 0.717) is 16.9 Å². The van der Waals surface area contributed by atoms with Crippen molar-refractivity contribution in [3.8, 4) is 0 Å². The van der Waals surface area contributed by atoms with Gasteiger partial charge in [0.2, 0.25) is 5.91 Å². The number of nitrogens with zero attached hydrogens (tertiary/aromatic N) is 2. The molecule has 1 aromatic carbocycles. The number of hydrogen-bond acceptors (Lipinski definition) is 2. The first-order valence-electron chi connectivity index (χ1n) is 8.99. The summed E-state index contributed by atoms with van der Waals surface area (Å²) in [5.41, 5.74) is 2.68. The molecule has 2 aromatic rings. The number of piperidine rings is 1. The molecular weight excluding hydrogens is 334 g/mol. The predicted molar refractivity (Wildman–Crippen MR) is 99.5 cm³/mol. The van der Waals surface area contributed by atoms with Gasteiger partial charge in [-0.25, -0.2) is 0 Å². The summed E-state index contributed by atoms with van der Waals surface area (Å²) < 4.78 is 0. The van der Waals surface area contributed by atoms with E-state index < -0.39 is 0 Å². The molecule has 4 rings (SSSR count). The standard InChI is InChI=1S/C20H24ClN3O/c21-17-5-3-16(4-6-17)12-19(25)24-14-20(15-24)7-10-23(11-8-20)13-18-2-1-9-22-18/h1-6,9,22H,7-8,10-15H2. The Balaban J connectivity index is 1.24. The molecule has 2 fully saturated rings. The van der Waals surface area contributed by atoms with E-state index in [0.717, 1.165) is 38.3 Å². The quantitative estimate of drug-likeness (QED) is 0.911. The number of rotatable bonds is 4. The molecule has 0 atom stereocenters. The third kappa shape index (κ3) is 3.75. The highest BCUT2D eigenvalue weighted by Gasteiger charge is 2.46. The number of amides is 1. The van der Waals surface area contributed by atoms with Crippen molar-refractivity contribution >= 4 is 17.5 Å². The molecule has 2 saturated heterocycles. The van der Waals surface area contributed by atoms with Crippen LogP contribution >= 0.6 is 11.6 Å². The first-order chi connectivity index (χ1) is 12.1. The van der Waals surface area contributed by atoms with E-state index in [1.165, 1.54) is 18.5 Å². The highest BCUT2D eigenvalue weighted by Crippen LogP contribution is 2.40. The molecule has 25 heavy (non-hydrogen) atoms. The molecular formula is C20H24ClN3O. The molecule has 0 aliphatic carbocycles. The van der Waals surface area contributed by atoms with Gasteiger partial charge in [-0.3, -0.25) is 9.69 Å². The van der Waals surface area contributed by atoms with E-state index in [-0.39, 0.29) is 5.91 Å². The van der Waals surface area contributed by atoms with Crippen LogP contribution in [-0.2, 0) is 17.8 Å². The summed E-state index contributed by atoms with van der Waals surface area (Å²) in [6.45, 7) is 5.10. The second-order valence-corrected chi connectivity index (χ2v) is 7.96. The summed E-state index contributed by atoms with van der Waals surface area (Å²) in [5.74, 6) is 0.238. The van der Waals surface area contributed by atoms with Crippen molar-refractivity contribution in [1.29, 1.82) is 0 Å². The van der Waals surface area contributed by atoms with Crippen LogP contribution in [0.2, 0.25) is 5.02 Å². The van der Waals surface area contributed by atoms with Crippen LogP contribution < -0.4 is 0 Å². The Kier molecular flexibility index (Phi) is 4.57. The number of likely N-dealkylation sites (tertiary alicyclic amines) is 2. The Bertz CT molecular complexity index is 710. The maximum Gasteiger partial charge on any atom is 0.227 e. The van der Waals surface area contributed by atoms with Crippen LogP contribution in [0, 0.1) is 5.41 Å². The van der Waals surface area contributed by atoms with Gasteiger partial charge in [-0.2, -0.15) is 0 Å². The number of halogens is 1. The molecule has 0 saturated carbocycles. The summed E-state index contributed by atoms with van der Waals surface area (Å²) in [5, 5.41) is 0.713. The van der Waals surface area contributed by atoms with Crippen molar-refractivity contribution in [3.63, 3.8) is 0 Å². The molecule has 1 amide bonds. The molecule has 5 heteroatoms. The van der Waals surface area contributed by atoms with E-state index in [9.17, 15) is 4.79 Å². The maximum atomic E-state index is 12.5. The third-order valence-electron chi connectivity index (χ3n) is 5.65. The van der Waals surface area contributed by atoms with Gasteiger partial charge < -0.3 is 9.88 Å². The van der Waals surface area contributed by atoms with Crippen molar-refractivity contribution in [2.45, 2.75) is 25.8 Å². The smallest absolute Gasteiger partial charge is 0.227 e. The summed E-state index contributed by atoms with van der Waals surface area (Å²) >= 11 is 5.90. The van der Waals surface area contributed by atoms with Gasteiger partial charge in [0.05, 0.1) is 6.42 Å². The number of carbonyl (C=O) groups is 1. The minimum atomic E-state index is 0.238. The van der Waals surface area contributed by atoms with Gasteiger partial charge in [0.1, 0.15) is 0 Å². The zero-order valence-electron chi connectivity index (χ0n) is 14.4. The molecule has 1 N–H and O–H groups in total. The summed E-state index contributed by atoms with van der Waals surface area (Å²) in [7, 11) is 0. The highest BCUT2D eigenvalue weighted by atomic mass is 35.5. The van der Waals surface area contributed by atoms with E-state index in [1.54, 1.807) is 0 Å². The summed E-state index contributed by atoms with van der Waals surface area (Å²) in [4.78, 5) is 20.3. The van der Waals surface area contributed by atoms with Gasteiger partial charge in [-0.15, -0.1) is 0 Å². The van der Waals surface area contributed by atoms with Gasteiger partial charge in [-0.1, -0.05) is 23.7 Å². The average Bonchev–Trinajstić information content (AvgIpc) is 3.09. The normalized spacial score (nSPS) is 19.8. The molecule has 2 aliphatic heterocycles. The number of H-pyrrole nitrogens is 1. The molecule has 3 heterocycles. The Hall–Kier alpha value is -1.78. The Morgan fingerprint density at radius 2 is 1.84 bits per heavy atom. The van der Waals surface area contributed by atoms with E-state index in [1.807, 2.05) is 35.4 Å². The topological polar surface area (TPSA) is 39.3 Å². The van der Waals surface area contributed by atoms with Gasteiger partial charge >= 0.3 is 0 Å². The van der Waals surface area contributed by atoms with Crippen molar-refractivity contribution in [3.05, 3.63) is 58.9 Å². The van der Waals surface area contributed by atoms with Crippen LogP contribution in [0.5, 0.6) is 0 Å². The lowest BCUT2D eigenvalue weighted by atomic mass is 9.72. The van der Waals surface area contributed by atoms with E-state index in [2.05, 4.69) is 22.0 Å². The lowest BCUT2D eigenvalue weighted by molar-refractivity contribution is -0.146. The Labute approximate surface area is 153 Å². The first-order valence-corrected chi connectivity index (χ1v) is 9.37. The van der Waals surface area contributed by atoms with Crippen LogP contribution in [0.25, 0.3) is 0 Å². The highest BCUT2D eigenvalue weighted by molar-refractivity contribution is 6.30. The summed E-state index contributed by atoms with van der Waals surface area (Å²) in [6.07, 6.45) is 4.85. The second kappa shape index (κ2) is 6.85. The average molecular weight is 358 g/mol. The van der Waals surface area contributed by atoms with Crippen LogP contribution in [0.4, 0.5) is 0 Å². The Morgan fingerprint density at radius 1 is 1.12 bits per heavy atom. The maximum absolute atomic E-state index is 12.5. The zero-order chi connectivity index (χ0) is 17.3. The fourth-order valence-electron chi connectivity index (χ4n) is 4.04. The van der Waals surface area contributed by atoms with Crippen LogP contribution in [0.15, 0.2) is 42.6 Å². The molecule has 132 valence electrons. The first kappa shape index (κ1) is 16.7. The lowest BCUT2D eigenvalue weighted by Crippen LogP contribution is -2.62. The minimum Gasteiger partial charge on any atom is -0.364 e. The van der Waals surface area contributed by atoms with E-state index >= 15 is 0 Å². The number of aromatic nitrogens is 1. The van der Waals surface area contributed by atoms with Gasteiger partial charge in [0, 0.05) is 42.0 Å². The van der Waals surface area contributed by atoms with E-state index in [4.69, 9.17) is 11.6 Å². The van der Waals surface area contributed by atoms with Crippen LogP contribution in [-0.4, -0.2) is 46.9 Å². The SMILES string of the molecule is O=C(Cc1ccc(Cl)cc1)N1CC2(CCN(Cc3ccc[nH]3)CC2)C1. The molecule has 4 nitrogen and oxygen atoms in total. The zero-order valence-corrected chi connectivity index (χ0v) is 15.1. The number of hydrogen-bond donors (Lipinski definition) is 1. The Morgan fingerprint density at radius 3 is 2.48 bits per heavy atom. The minimum absolute atomic E-state index is 0.238. The van der Waals surface area contributed by atoms with Crippen molar-refractivity contribution in [1.82, 2.24) is 14.8 Å². The molecule has 1 spiro atoms. The van der Waals surface area contributed by atoms with Crippen molar-refractivity contribution in [2.24, 2.45) is 5.41 Å². The molecule has 2 aliphatic rings. The fraction of sp³-hybridized carbons (Fsp3) is 0.450. The fourth-order valence-corrected chi connectivity index (χ4v) is 4.16. The monoisotopic (exact) mass is 357 g/mol. The number of nitrogens with one attached hydrogen (secondary N) is 1. The largest absolute Gasteiger partial charge is 0.364 e. The number of aromatic amines is 1. The van der Waals surface area contributed by atoms with Gasteiger partial charge in [-0.05, 0) is 55.8 Å². The van der Waals surface area contributed by atoms with Crippen LogP contribution in [0.1, 0.15) is 24.1 Å². The summed E-state index contributed by atoms with van der Waals surface area (Å²) in [6, 6.07) is 11.8. The van der Waals surface area contributed by atoms with Gasteiger partial charge in [0.25, 0.3) is 0 Å². The molecule has 1 aromatic heterocycles. The molecule has 0 unspecified atom stereocenters. The number of carbonyl (C=O) groups excluding carboxylic acids is 1. The van der Waals surface area contributed by atoms with Crippen molar-refractivity contribution < 1.29 is 4.79 Å². The number of benzene rings is 1. The second-order valence-electron chi connectivity index (χ2n) is 7.52. The lowest BCUT2D eigenvalue weighted by Gasteiger charge is -2.54. The third-order valence-corrected chi connectivity index (χ3v) is 5.90. The molecule has 0 radical (unpaired) electrons. The molecule has 0 bridgehead atoms. The predicted octanol–water partition coefficient (Wildman–Crippen LogP) is 3.34. The van der Waals surface area contributed by atoms with Crippen molar-refractivity contribution in [2.75, 3.05) is 26.2 Å². The van der Waals surface area contributed by atoms with Crippen LogP contribution in [0.3, 0.4) is 0 Å². The van der Waals surface area contributed by atoms with Gasteiger partial charge in [0.15, 0.2) is 0 Å².